The second-order valence-electron chi connectivity index (χ2n) is 5.29. The van der Waals surface area contributed by atoms with Gasteiger partial charge in [-0.15, -0.1) is 0 Å². The fourth-order valence-corrected chi connectivity index (χ4v) is 4.26. The van der Waals surface area contributed by atoms with Crippen molar-refractivity contribution in [3.8, 4) is 0 Å². The largest absolute Gasteiger partial charge is 0.313 e. The Bertz CT molecular complexity index is 539. The minimum atomic E-state index is -3.19. The smallest absolute Gasteiger partial charge is 0.218 e. The van der Waals surface area contributed by atoms with Crippen LogP contribution in [0.5, 0.6) is 0 Å². The third kappa shape index (κ3) is 4.04. The van der Waals surface area contributed by atoms with Gasteiger partial charge in [-0.1, -0.05) is 38.1 Å². The summed E-state index contributed by atoms with van der Waals surface area (Å²) in [6.07, 6.45) is 2.01. The van der Waals surface area contributed by atoms with E-state index in [1.165, 1.54) is 0 Å². The van der Waals surface area contributed by atoms with Gasteiger partial charge in [-0.2, -0.15) is 4.31 Å². The standard InChI is InChI=1S/C15H24N2O2S/c1-3-16-11-13-6-5-7-14(10-13)12-20(18,19)17(4-2)15-8-9-15/h5-7,10,15-16H,3-4,8-9,11-12H2,1-2H3. The number of hydrogen-bond acceptors (Lipinski definition) is 3. The van der Waals surface area contributed by atoms with Crippen molar-refractivity contribution in [2.75, 3.05) is 13.1 Å². The molecule has 0 saturated heterocycles. The summed E-state index contributed by atoms with van der Waals surface area (Å²) in [5, 5.41) is 3.26. The molecule has 0 aliphatic heterocycles. The molecule has 112 valence electrons. The Morgan fingerprint density at radius 2 is 1.95 bits per heavy atom. The highest BCUT2D eigenvalue weighted by atomic mass is 32.2. The molecule has 1 fully saturated rings. The minimum Gasteiger partial charge on any atom is -0.313 e. The summed E-state index contributed by atoms with van der Waals surface area (Å²) >= 11 is 0. The number of sulfonamides is 1. The predicted octanol–water partition coefficient (Wildman–Crippen LogP) is 2.11. The molecule has 1 N–H and O–H groups in total. The van der Waals surface area contributed by atoms with Gasteiger partial charge in [0.15, 0.2) is 0 Å². The zero-order valence-electron chi connectivity index (χ0n) is 12.3. The summed E-state index contributed by atoms with van der Waals surface area (Å²) in [6, 6.07) is 8.09. The first-order valence-corrected chi connectivity index (χ1v) is 8.95. The Morgan fingerprint density at radius 1 is 1.25 bits per heavy atom. The van der Waals surface area contributed by atoms with E-state index >= 15 is 0 Å². The SMILES string of the molecule is CCNCc1cccc(CS(=O)(=O)N(CC)C2CC2)c1. The van der Waals surface area contributed by atoms with Crippen molar-refractivity contribution in [3.63, 3.8) is 0 Å². The molecule has 0 amide bonds. The number of nitrogens with zero attached hydrogens (tertiary/aromatic N) is 1. The van der Waals surface area contributed by atoms with E-state index in [0.29, 0.717) is 6.54 Å². The molecule has 1 aromatic rings. The van der Waals surface area contributed by atoms with Crippen LogP contribution in [0.15, 0.2) is 24.3 Å². The molecule has 1 aromatic carbocycles. The molecule has 1 aliphatic rings. The van der Waals surface area contributed by atoms with Gasteiger partial charge in [0.25, 0.3) is 0 Å². The first-order chi connectivity index (χ1) is 9.56. The Kier molecular flexibility index (Phi) is 5.18. The van der Waals surface area contributed by atoms with E-state index in [1.54, 1.807) is 4.31 Å². The monoisotopic (exact) mass is 296 g/mol. The fraction of sp³-hybridized carbons (Fsp3) is 0.600. The molecule has 2 rings (SSSR count). The summed E-state index contributed by atoms with van der Waals surface area (Å²) in [5.41, 5.74) is 2.01. The number of rotatable bonds is 8. The average molecular weight is 296 g/mol. The lowest BCUT2D eigenvalue weighted by Gasteiger charge is -2.20. The van der Waals surface area contributed by atoms with Crippen LogP contribution in [0.2, 0.25) is 0 Å². The highest BCUT2D eigenvalue weighted by Gasteiger charge is 2.35. The predicted molar refractivity (Wildman–Crippen MR) is 81.8 cm³/mol. The number of nitrogens with one attached hydrogen (secondary N) is 1. The summed E-state index contributed by atoms with van der Waals surface area (Å²) in [6.45, 7) is 6.24. The van der Waals surface area contributed by atoms with E-state index in [0.717, 1.165) is 37.1 Å². The lowest BCUT2D eigenvalue weighted by molar-refractivity contribution is 0.420. The molecule has 1 saturated carbocycles. The summed E-state index contributed by atoms with van der Waals surface area (Å²) in [5.74, 6) is 0.108. The third-order valence-corrected chi connectivity index (χ3v) is 5.51. The molecule has 0 bridgehead atoms. The Balaban J connectivity index is 2.08. The van der Waals surface area contributed by atoms with Crippen LogP contribution in [0, 0.1) is 0 Å². The summed E-state index contributed by atoms with van der Waals surface area (Å²) in [4.78, 5) is 0. The van der Waals surface area contributed by atoms with Crippen LogP contribution in [0.3, 0.4) is 0 Å². The molecule has 0 heterocycles. The molecule has 1 aliphatic carbocycles. The molecular weight excluding hydrogens is 272 g/mol. The van der Waals surface area contributed by atoms with E-state index < -0.39 is 10.0 Å². The van der Waals surface area contributed by atoms with Gasteiger partial charge >= 0.3 is 0 Å². The highest BCUT2D eigenvalue weighted by Crippen LogP contribution is 2.30. The average Bonchev–Trinajstić information content (AvgIpc) is 3.21. The quantitative estimate of drug-likeness (QED) is 0.799. The zero-order valence-corrected chi connectivity index (χ0v) is 13.1. The molecule has 5 heteroatoms. The summed E-state index contributed by atoms with van der Waals surface area (Å²) in [7, 11) is -3.19. The van der Waals surface area contributed by atoms with Crippen molar-refractivity contribution in [1.29, 1.82) is 0 Å². The summed E-state index contributed by atoms with van der Waals surface area (Å²) < 4.78 is 26.6. The molecule has 0 unspecified atom stereocenters. The maximum atomic E-state index is 12.4. The van der Waals surface area contributed by atoms with Crippen LogP contribution in [0.4, 0.5) is 0 Å². The van der Waals surface area contributed by atoms with Crippen molar-refractivity contribution in [3.05, 3.63) is 35.4 Å². The maximum Gasteiger partial charge on any atom is 0.218 e. The van der Waals surface area contributed by atoms with Crippen molar-refractivity contribution >= 4 is 10.0 Å². The minimum absolute atomic E-state index is 0.108. The zero-order chi connectivity index (χ0) is 14.6. The third-order valence-electron chi connectivity index (χ3n) is 3.54. The van der Waals surface area contributed by atoms with Crippen LogP contribution >= 0.6 is 0 Å². The van der Waals surface area contributed by atoms with Gasteiger partial charge in [-0.3, -0.25) is 0 Å². The van der Waals surface area contributed by atoms with Crippen LogP contribution in [0.25, 0.3) is 0 Å². The van der Waals surface area contributed by atoms with E-state index in [4.69, 9.17) is 0 Å². The lowest BCUT2D eigenvalue weighted by atomic mass is 10.1. The molecule has 0 spiro atoms. The Labute approximate surface area is 122 Å². The maximum absolute atomic E-state index is 12.4. The molecule has 0 radical (unpaired) electrons. The van der Waals surface area contributed by atoms with Crippen molar-refractivity contribution in [1.82, 2.24) is 9.62 Å². The Hall–Kier alpha value is -0.910. The normalized spacial score (nSPS) is 15.8. The van der Waals surface area contributed by atoms with Crippen molar-refractivity contribution < 1.29 is 8.42 Å². The van der Waals surface area contributed by atoms with Crippen LogP contribution in [-0.2, 0) is 22.3 Å². The van der Waals surface area contributed by atoms with Crippen LogP contribution in [0.1, 0.15) is 37.8 Å². The van der Waals surface area contributed by atoms with Gasteiger partial charge in [-0.05, 0) is 30.5 Å². The second-order valence-corrected chi connectivity index (χ2v) is 7.21. The molecular formula is C15H24N2O2S. The van der Waals surface area contributed by atoms with Gasteiger partial charge < -0.3 is 5.32 Å². The number of hydrogen-bond donors (Lipinski definition) is 1. The molecule has 0 atom stereocenters. The molecule has 0 aromatic heterocycles. The van der Waals surface area contributed by atoms with Crippen molar-refractivity contribution in [2.45, 2.75) is 45.0 Å². The second kappa shape index (κ2) is 6.70. The molecule has 20 heavy (non-hydrogen) atoms. The first kappa shape index (κ1) is 15.5. The van der Waals surface area contributed by atoms with Gasteiger partial charge in [0.05, 0.1) is 5.75 Å². The Morgan fingerprint density at radius 3 is 2.55 bits per heavy atom. The topological polar surface area (TPSA) is 49.4 Å². The van der Waals surface area contributed by atoms with Crippen LogP contribution in [-0.4, -0.2) is 31.9 Å². The van der Waals surface area contributed by atoms with E-state index in [2.05, 4.69) is 12.2 Å². The van der Waals surface area contributed by atoms with E-state index in [-0.39, 0.29) is 11.8 Å². The highest BCUT2D eigenvalue weighted by molar-refractivity contribution is 7.88. The first-order valence-electron chi connectivity index (χ1n) is 7.35. The van der Waals surface area contributed by atoms with Gasteiger partial charge in [0.2, 0.25) is 10.0 Å². The van der Waals surface area contributed by atoms with E-state index in [9.17, 15) is 8.42 Å². The fourth-order valence-electron chi connectivity index (χ4n) is 2.44. The van der Waals surface area contributed by atoms with Gasteiger partial charge in [-0.25, -0.2) is 8.42 Å². The number of benzene rings is 1. The molecule has 4 nitrogen and oxygen atoms in total. The van der Waals surface area contributed by atoms with Crippen LogP contribution < -0.4 is 5.32 Å². The van der Waals surface area contributed by atoms with Gasteiger partial charge in [0.1, 0.15) is 0 Å². The van der Waals surface area contributed by atoms with Crippen molar-refractivity contribution in [2.24, 2.45) is 0 Å². The van der Waals surface area contributed by atoms with Gasteiger partial charge in [0, 0.05) is 19.1 Å². The van der Waals surface area contributed by atoms with E-state index in [1.807, 2.05) is 31.2 Å². The lowest BCUT2D eigenvalue weighted by Crippen LogP contribution is -2.33.